The Bertz CT molecular complexity index is 558. The monoisotopic (exact) mass is 381 g/mol. The van der Waals surface area contributed by atoms with Gasteiger partial charge in [-0.3, -0.25) is 4.79 Å². The number of carbonyl (C=O) groups is 3. The van der Waals surface area contributed by atoms with Crippen molar-refractivity contribution in [3.05, 3.63) is 37.0 Å². The third kappa shape index (κ3) is 10.2. The molecule has 0 saturated heterocycles. The van der Waals surface area contributed by atoms with Crippen LogP contribution in [0.15, 0.2) is 37.0 Å². The molecular formula is C19H31N3O5. The number of hydrogen-bond acceptors (Lipinski definition) is 5. The number of hydrogen-bond donors (Lipinski definition) is 4. The van der Waals surface area contributed by atoms with E-state index in [1.165, 1.54) is 6.08 Å². The second kappa shape index (κ2) is 13.6. The van der Waals surface area contributed by atoms with Gasteiger partial charge in [0, 0.05) is 0 Å². The first-order valence-corrected chi connectivity index (χ1v) is 8.81. The Labute approximate surface area is 160 Å². The van der Waals surface area contributed by atoms with Gasteiger partial charge in [0.25, 0.3) is 0 Å². The molecule has 152 valence electrons. The summed E-state index contributed by atoms with van der Waals surface area (Å²) in [5.41, 5.74) is 0.654. The van der Waals surface area contributed by atoms with Gasteiger partial charge in [0.1, 0.15) is 18.7 Å². The van der Waals surface area contributed by atoms with Crippen LogP contribution in [0.4, 0.5) is 4.79 Å². The van der Waals surface area contributed by atoms with Crippen LogP contribution in [-0.2, 0) is 14.3 Å². The summed E-state index contributed by atoms with van der Waals surface area (Å²) in [6.07, 6.45) is 4.83. The second-order valence-corrected chi connectivity index (χ2v) is 6.27. The van der Waals surface area contributed by atoms with E-state index in [1.807, 2.05) is 0 Å². The number of ether oxygens (including phenoxy) is 1. The Hall–Kier alpha value is -2.61. The summed E-state index contributed by atoms with van der Waals surface area (Å²) in [5, 5.41) is 17.2. The van der Waals surface area contributed by atoms with Crippen molar-refractivity contribution in [2.24, 2.45) is 5.92 Å². The van der Waals surface area contributed by atoms with Gasteiger partial charge >= 0.3 is 12.1 Å². The summed E-state index contributed by atoms with van der Waals surface area (Å²) in [4.78, 5) is 35.8. The molecule has 0 heterocycles. The van der Waals surface area contributed by atoms with Crippen molar-refractivity contribution in [3.63, 3.8) is 0 Å². The van der Waals surface area contributed by atoms with Gasteiger partial charge < -0.3 is 25.8 Å². The highest BCUT2D eigenvalue weighted by molar-refractivity contribution is 5.89. The van der Waals surface area contributed by atoms with Crippen LogP contribution < -0.4 is 16.0 Å². The predicted molar refractivity (Wildman–Crippen MR) is 104 cm³/mol. The zero-order valence-corrected chi connectivity index (χ0v) is 16.3. The Kier molecular flexibility index (Phi) is 12.3. The van der Waals surface area contributed by atoms with Gasteiger partial charge in [-0.1, -0.05) is 45.2 Å². The highest BCUT2D eigenvalue weighted by atomic mass is 16.5. The van der Waals surface area contributed by atoms with Crippen LogP contribution in [0.5, 0.6) is 0 Å². The van der Waals surface area contributed by atoms with Gasteiger partial charge in [-0.2, -0.15) is 0 Å². The molecule has 0 fully saturated rings. The predicted octanol–water partition coefficient (Wildman–Crippen LogP) is 1.60. The van der Waals surface area contributed by atoms with E-state index >= 15 is 0 Å². The molecule has 0 radical (unpaired) electrons. The van der Waals surface area contributed by atoms with Crippen molar-refractivity contribution in [2.75, 3.05) is 20.2 Å². The molecular weight excluding hydrogens is 350 g/mol. The van der Waals surface area contributed by atoms with Gasteiger partial charge in [0.05, 0.1) is 0 Å². The molecule has 0 aliphatic rings. The van der Waals surface area contributed by atoms with Crippen molar-refractivity contribution in [3.8, 4) is 0 Å². The minimum atomic E-state index is -1.12. The summed E-state index contributed by atoms with van der Waals surface area (Å²) in [6, 6.07) is -1.94. The average molecular weight is 381 g/mol. The molecule has 0 aromatic rings. The van der Waals surface area contributed by atoms with Crippen LogP contribution in [-0.4, -0.2) is 55.4 Å². The summed E-state index contributed by atoms with van der Waals surface area (Å²) in [7, 11) is 1.76. The molecule has 27 heavy (non-hydrogen) atoms. The Morgan fingerprint density at radius 2 is 1.85 bits per heavy atom. The van der Waals surface area contributed by atoms with Crippen LogP contribution in [0.25, 0.3) is 0 Å². The lowest BCUT2D eigenvalue weighted by Crippen LogP contribution is -2.53. The van der Waals surface area contributed by atoms with E-state index in [-0.39, 0.29) is 18.9 Å². The van der Waals surface area contributed by atoms with Crippen LogP contribution in [0.2, 0.25) is 0 Å². The summed E-state index contributed by atoms with van der Waals surface area (Å²) in [5.74, 6) is -1.94. The maximum atomic E-state index is 12.5. The molecule has 0 aromatic carbocycles. The molecule has 0 bridgehead atoms. The minimum Gasteiger partial charge on any atom is -0.480 e. The Morgan fingerprint density at radius 3 is 2.33 bits per heavy atom. The zero-order chi connectivity index (χ0) is 20.8. The number of allylic oxidation sites excluding steroid dienone is 2. The first kappa shape index (κ1) is 24.4. The van der Waals surface area contributed by atoms with E-state index in [1.54, 1.807) is 33.0 Å². The van der Waals surface area contributed by atoms with Gasteiger partial charge in [0.2, 0.25) is 5.91 Å². The van der Waals surface area contributed by atoms with Gasteiger partial charge in [-0.25, -0.2) is 9.59 Å². The minimum absolute atomic E-state index is 0.0183. The van der Waals surface area contributed by atoms with Crippen LogP contribution in [0.3, 0.4) is 0 Å². The number of rotatable bonds is 13. The molecule has 0 spiro atoms. The lowest BCUT2D eigenvalue weighted by molar-refractivity contribution is -0.142. The Morgan fingerprint density at radius 1 is 1.19 bits per heavy atom. The SMILES string of the molecule is C=C/C=C(\C=C)COC(=O)NC(C(=O)NC(CCCNC)C(=O)O)C(C)C. The topological polar surface area (TPSA) is 117 Å². The smallest absolute Gasteiger partial charge is 0.408 e. The van der Waals surface area contributed by atoms with Crippen molar-refractivity contribution >= 4 is 18.0 Å². The normalized spacial score (nSPS) is 13.4. The van der Waals surface area contributed by atoms with Crippen LogP contribution in [0, 0.1) is 5.92 Å². The Balaban J connectivity index is 4.84. The fourth-order valence-electron chi connectivity index (χ4n) is 2.18. The lowest BCUT2D eigenvalue weighted by atomic mass is 10.0. The van der Waals surface area contributed by atoms with E-state index < -0.39 is 30.1 Å². The standard InChI is InChI=1S/C19H31N3O5/c1-6-9-14(7-2)12-27-19(26)22-16(13(3)4)17(23)21-15(18(24)25)10-8-11-20-5/h6-7,9,13,15-16,20H,1-2,8,10-12H2,3-5H3,(H,21,23)(H,22,26)(H,24,25)/b14-9+. The highest BCUT2D eigenvalue weighted by Crippen LogP contribution is 2.06. The van der Waals surface area contributed by atoms with Crippen molar-refractivity contribution in [1.29, 1.82) is 0 Å². The van der Waals surface area contributed by atoms with Crippen molar-refractivity contribution in [2.45, 2.75) is 38.8 Å². The second-order valence-electron chi connectivity index (χ2n) is 6.27. The first-order valence-electron chi connectivity index (χ1n) is 8.81. The number of carboxylic acid groups (broad SMARTS) is 1. The molecule has 0 aliphatic heterocycles. The third-order valence-corrected chi connectivity index (χ3v) is 3.72. The van der Waals surface area contributed by atoms with E-state index in [2.05, 4.69) is 29.1 Å². The number of carbonyl (C=O) groups excluding carboxylic acids is 2. The molecule has 2 atom stereocenters. The van der Waals surface area contributed by atoms with Gasteiger partial charge in [-0.05, 0) is 37.9 Å². The largest absolute Gasteiger partial charge is 0.480 e. The fraction of sp³-hybridized carbons (Fsp3) is 0.526. The maximum absolute atomic E-state index is 12.5. The number of carboxylic acids is 1. The number of nitrogens with one attached hydrogen (secondary N) is 3. The highest BCUT2D eigenvalue weighted by Gasteiger charge is 2.28. The van der Waals surface area contributed by atoms with Crippen molar-refractivity contribution < 1.29 is 24.2 Å². The van der Waals surface area contributed by atoms with E-state index in [0.29, 0.717) is 18.5 Å². The average Bonchev–Trinajstić information content (AvgIpc) is 2.61. The van der Waals surface area contributed by atoms with Crippen LogP contribution in [0.1, 0.15) is 26.7 Å². The molecule has 0 rings (SSSR count). The summed E-state index contributed by atoms with van der Waals surface area (Å²) in [6.45, 7) is 11.3. The molecule has 0 aromatic heterocycles. The lowest BCUT2D eigenvalue weighted by Gasteiger charge is -2.23. The molecule has 8 nitrogen and oxygen atoms in total. The number of aliphatic carboxylic acids is 1. The van der Waals surface area contributed by atoms with E-state index in [4.69, 9.17) is 4.74 Å². The van der Waals surface area contributed by atoms with Crippen LogP contribution >= 0.6 is 0 Å². The van der Waals surface area contributed by atoms with Crippen molar-refractivity contribution in [1.82, 2.24) is 16.0 Å². The summed E-state index contributed by atoms with van der Waals surface area (Å²) < 4.78 is 5.07. The van der Waals surface area contributed by atoms with E-state index in [0.717, 1.165) is 0 Å². The zero-order valence-electron chi connectivity index (χ0n) is 16.3. The maximum Gasteiger partial charge on any atom is 0.408 e. The number of alkyl carbamates (subject to hydrolysis) is 1. The summed E-state index contributed by atoms with van der Waals surface area (Å²) >= 11 is 0. The van der Waals surface area contributed by atoms with Gasteiger partial charge in [-0.15, -0.1) is 0 Å². The molecule has 2 amide bonds. The quantitative estimate of drug-likeness (QED) is 0.284. The van der Waals surface area contributed by atoms with Gasteiger partial charge in [0.15, 0.2) is 0 Å². The molecule has 0 aliphatic carbocycles. The number of amides is 2. The first-order chi connectivity index (χ1) is 12.8. The van der Waals surface area contributed by atoms with E-state index in [9.17, 15) is 19.5 Å². The molecule has 4 N–H and O–H groups in total. The third-order valence-electron chi connectivity index (χ3n) is 3.72. The molecule has 0 saturated carbocycles. The fourth-order valence-corrected chi connectivity index (χ4v) is 2.18. The molecule has 2 unspecified atom stereocenters. The molecule has 8 heteroatoms.